The minimum atomic E-state index is -0.0766. The Labute approximate surface area is 124 Å². The van der Waals surface area contributed by atoms with Gasteiger partial charge in [0, 0.05) is 11.6 Å². The van der Waals surface area contributed by atoms with E-state index < -0.39 is 0 Å². The molecule has 0 aliphatic heterocycles. The van der Waals surface area contributed by atoms with Crippen molar-refractivity contribution < 1.29 is 4.39 Å². The Kier molecular flexibility index (Phi) is 8.52. The van der Waals surface area contributed by atoms with Crippen LogP contribution in [0.15, 0.2) is 18.2 Å². The molecule has 20 heavy (non-hydrogen) atoms. The number of hydrogen-bond donors (Lipinski definition) is 1. The smallest absolute Gasteiger partial charge is 0.128 e. The van der Waals surface area contributed by atoms with Gasteiger partial charge in [0.2, 0.25) is 0 Å². The minimum Gasteiger partial charge on any atom is -0.313 e. The number of hydrogen-bond acceptors (Lipinski definition) is 1. The fraction of sp³-hybridized carbons (Fsp3) is 0.667. The van der Waals surface area contributed by atoms with Crippen LogP contribution in [0, 0.1) is 12.7 Å². The topological polar surface area (TPSA) is 12.0 Å². The molecule has 0 aliphatic carbocycles. The van der Waals surface area contributed by atoms with Crippen LogP contribution in [0.5, 0.6) is 0 Å². The zero-order valence-electron chi connectivity index (χ0n) is 13.3. The second-order valence-electron chi connectivity index (χ2n) is 5.78. The van der Waals surface area contributed by atoms with Crippen LogP contribution in [0.3, 0.4) is 0 Å². The lowest BCUT2D eigenvalue weighted by Crippen LogP contribution is -2.17. The summed E-state index contributed by atoms with van der Waals surface area (Å²) in [5, 5.41) is 3.25. The van der Waals surface area contributed by atoms with E-state index in [0.717, 1.165) is 17.5 Å². The monoisotopic (exact) mass is 279 g/mol. The van der Waals surface area contributed by atoms with Crippen molar-refractivity contribution in [3.05, 3.63) is 35.1 Å². The third-order valence-corrected chi connectivity index (χ3v) is 3.98. The number of halogens is 1. The maximum absolute atomic E-state index is 14.0. The molecule has 1 rings (SSSR count). The van der Waals surface area contributed by atoms with Crippen LogP contribution in [0.2, 0.25) is 0 Å². The van der Waals surface area contributed by atoms with Gasteiger partial charge in [-0.05, 0) is 32.0 Å². The lowest BCUT2D eigenvalue weighted by molar-refractivity contribution is 0.475. The number of rotatable bonds is 10. The first-order valence-corrected chi connectivity index (χ1v) is 8.12. The molecule has 1 N–H and O–H groups in total. The number of benzene rings is 1. The zero-order valence-corrected chi connectivity index (χ0v) is 13.3. The molecule has 2 heteroatoms. The van der Waals surface area contributed by atoms with Crippen molar-refractivity contribution in [2.75, 3.05) is 7.05 Å². The fourth-order valence-corrected chi connectivity index (χ4v) is 2.68. The highest BCUT2D eigenvalue weighted by Crippen LogP contribution is 2.23. The van der Waals surface area contributed by atoms with Gasteiger partial charge in [0.25, 0.3) is 0 Å². The Morgan fingerprint density at radius 2 is 1.70 bits per heavy atom. The Morgan fingerprint density at radius 1 is 1.05 bits per heavy atom. The summed E-state index contributed by atoms with van der Waals surface area (Å²) < 4.78 is 14.0. The largest absolute Gasteiger partial charge is 0.313 e. The summed E-state index contributed by atoms with van der Waals surface area (Å²) in [5.74, 6) is -0.0766. The summed E-state index contributed by atoms with van der Waals surface area (Å²) in [7, 11) is 1.92. The van der Waals surface area contributed by atoms with Crippen molar-refractivity contribution in [3.63, 3.8) is 0 Å². The third-order valence-electron chi connectivity index (χ3n) is 3.98. The van der Waals surface area contributed by atoms with Crippen LogP contribution in [-0.2, 0) is 0 Å². The van der Waals surface area contributed by atoms with Gasteiger partial charge in [0.05, 0.1) is 0 Å². The average Bonchev–Trinajstić information content (AvgIpc) is 2.43. The van der Waals surface area contributed by atoms with Crippen molar-refractivity contribution in [1.29, 1.82) is 0 Å². The highest BCUT2D eigenvalue weighted by atomic mass is 19.1. The molecule has 1 aromatic rings. The van der Waals surface area contributed by atoms with Gasteiger partial charge in [-0.15, -0.1) is 0 Å². The summed E-state index contributed by atoms with van der Waals surface area (Å²) >= 11 is 0. The van der Waals surface area contributed by atoms with E-state index >= 15 is 0 Å². The highest BCUT2D eigenvalue weighted by molar-refractivity contribution is 5.26. The Hall–Kier alpha value is -0.890. The first-order chi connectivity index (χ1) is 9.69. The van der Waals surface area contributed by atoms with Gasteiger partial charge < -0.3 is 5.32 Å². The summed E-state index contributed by atoms with van der Waals surface area (Å²) in [5.41, 5.74) is 1.79. The van der Waals surface area contributed by atoms with Gasteiger partial charge in [-0.25, -0.2) is 4.39 Å². The predicted octanol–water partition coefficient (Wildman–Crippen LogP) is 5.54. The van der Waals surface area contributed by atoms with E-state index in [0.29, 0.717) is 0 Å². The van der Waals surface area contributed by atoms with E-state index in [1.807, 2.05) is 26.1 Å². The Morgan fingerprint density at radius 3 is 2.30 bits per heavy atom. The van der Waals surface area contributed by atoms with E-state index in [-0.39, 0.29) is 11.9 Å². The minimum absolute atomic E-state index is 0.0766. The lowest BCUT2D eigenvalue weighted by atomic mass is 9.98. The highest BCUT2D eigenvalue weighted by Gasteiger charge is 2.13. The molecule has 1 aromatic carbocycles. The molecule has 114 valence electrons. The van der Waals surface area contributed by atoms with Gasteiger partial charge in [-0.1, -0.05) is 64.0 Å². The van der Waals surface area contributed by atoms with Gasteiger partial charge in [-0.3, -0.25) is 0 Å². The van der Waals surface area contributed by atoms with Crippen LogP contribution in [0.25, 0.3) is 0 Å². The van der Waals surface area contributed by atoms with E-state index in [1.165, 1.54) is 44.9 Å². The molecule has 0 radical (unpaired) electrons. The van der Waals surface area contributed by atoms with Crippen LogP contribution >= 0.6 is 0 Å². The molecular formula is C18H30FN. The maximum Gasteiger partial charge on any atom is 0.128 e. The van der Waals surface area contributed by atoms with Crippen molar-refractivity contribution in [3.8, 4) is 0 Å². The molecule has 0 saturated carbocycles. The first kappa shape index (κ1) is 17.2. The van der Waals surface area contributed by atoms with Gasteiger partial charge in [0.1, 0.15) is 5.82 Å². The lowest BCUT2D eigenvalue weighted by Gasteiger charge is -2.17. The summed E-state index contributed by atoms with van der Waals surface area (Å²) in [6.07, 6.45) is 10.1. The molecule has 1 atom stereocenters. The Balaban J connectivity index is 2.32. The number of unbranched alkanes of at least 4 members (excludes halogenated alkanes) is 6. The van der Waals surface area contributed by atoms with E-state index in [4.69, 9.17) is 0 Å². The summed E-state index contributed by atoms with van der Waals surface area (Å²) in [6, 6.07) is 5.69. The number of nitrogens with one attached hydrogen (secondary N) is 1. The predicted molar refractivity (Wildman–Crippen MR) is 85.5 cm³/mol. The zero-order chi connectivity index (χ0) is 14.8. The fourth-order valence-electron chi connectivity index (χ4n) is 2.68. The molecule has 0 heterocycles. The van der Waals surface area contributed by atoms with E-state index in [9.17, 15) is 4.39 Å². The van der Waals surface area contributed by atoms with Crippen LogP contribution in [0.1, 0.15) is 75.5 Å². The van der Waals surface area contributed by atoms with Gasteiger partial charge in [-0.2, -0.15) is 0 Å². The molecule has 1 unspecified atom stereocenters. The van der Waals surface area contributed by atoms with Crippen molar-refractivity contribution in [2.45, 2.75) is 71.3 Å². The van der Waals surface area contributed by atoms with Crippen molar-refractivity contribution in [1.82, 2.24) is 5.32 Å². The quantitative estimate of drug-likeness (QED) is 0.555. The average molecular weight is 279 g/mol. The molecule has 0 fully saturated rings. The van der Waals surface area contributed by atoms with Crippen LogP contribution in [0.4, 0.5) is 4.39 Å². The van der Waals surface area contributed by atoms with Crippen LogP contribution < -0.4 is 5.32 Å². The third kappa shape index (κ3) is 6.04. The van der Waals surface area contributed by atoms with Crippen molar-refractivity contribution >= 4 is 0 Å². The van der Waals surface area contributed by atoms with E-state index in [1.54, 1.807) is 6.07 Å². The molecule has 0 aliphatic rings. The molecule has 0 aromatic heterocycles. The SMILES string of the molecule is CCCCCCCCCC(NC)c1ccc(C)cc1F. The van der Waals surface area contributed by atoms with Crippen molar-refractivity contribution in [2.24, 2.45) is 0 Å². The molecular weight excluding hydrogens is 249 g/mol. The summed E-state index contributed by atoms with van der Waals surface area (Å²) in [6.45, 7) is 4.17. The standard InChI is InChI=1S/C18H30FN/c1-4-5-6-7-8-9-10-11-18(20-3)16-13-12-15(2)14-17(16)19/h12-14,18,20H,4-11H2,1-3H3. The molecule has 0 spiro atoms. The number of aryl methyl sites for hydroxylation is 1. The molecule has 0 amide bonds. The molecule has 0 bridgehead atoms. The molecule has 1 nitrogen and oxygen atoms in total. The van der Waals surface area contributed by atoms with E-state index in [2.05, 4.69) is 12.2 Å². The van der Waals surface area contributed by atoms with Crippen LogP contribution in [-0.4, -0.2) is 7.05 Å². The molecule has 0 saturated heterocycles. The maximum atomic E-state index is 14.0. The normalized spacial score (nSPS) is 12.6. The van der Waals surface area contributed by atoms with Gasteiger partial charge >= 0.3 is 0 Å². The second-order valence-corrected chi connectivity index (χ2v) is 5.78. The Bertz CT molecular complexity index is 376. The first-order valence-electron chi connectivity index (χ1n) is 8.12. The second kappa shape index (κ2) is 9.93. The van der Waals surface area contributed by atoms with Gasteiger partial charge in [0.15, 0.2) is 0 Å². The summed E-state index contributed by atoms with van der Waals surface area (Å²) in [4.78, 5) is 0.